The topological polar surface area (TPSA) is 110 Å². The highest BCUT2D eigenvalue weighted by Gasteiger charge is 2.39. The summed E-state index contributed by atoms with van der Waals surface area (Å²) in [6.07, 6.45) is 1.42. The molecule has 0 atom stereocenters. The van der Waals surface area contributed by atoms with Crippen LogP contribution in [0.3, 0.4) is 0 Å². The standard InChI is InChI=1S/C12H17F3O7S/c1-9(13)11(17)21-7-5-3-2-4-6-10(16)22-8-12(14,15)23(18,19)20/h1-8H2,(H,18,19,20)/p-1. The van der Waals surface area contributed by atoms with Gasteiger partial charge in [0, 0.05) is 6.42 Å². The number of halogens is 3. The molecule has 0 amide bonds. The van der Waals surface area contributed by atoms with Gasteiger partial charge < -0.3 is 14.0 Å². The second-order valence-electron chi connectivity index (χ2n) is 4.46. The van der Waals surface area contributed by atoms with Crippen molar-refractivity contribution in [1.29, 1.82) is 0 Å². The summed E-state index contributed by atoms with van der Waals surface area (Å²) in [7, 11) is -5.88. The quantitative estimate of drug-likeness (QED) is 0.238. The molecule has 0 rings (SSSR count). The number of unbranched alkanes of at least 4 members (excludes halogenated alkanes) is 3. The summed E-state index contributed by atoms with van der Waals surface area (Å²) in [6.45, 7) is 0.903. The molecule has 0 saturated heterocycles. The molecule has 0 heterocycles. The maximum absolute atomic E-state index is 12.7. The van der Waals surface area contributed by atoms with E-state index < -0.39 is 39.7 Å². The van der Waals surface area contributed by atoms with E-state index >= 15 is 0 Å². The zero-order chi connectivity index (χ0) is 18.1. The van der Waals surface area contributed by atoms with E-state index in [2.05, 4.69) is 16.1 Å². The Morgan fingerprint density at radius 2 is 1.65 bits per heavy atom. The van der Waals surface area contributed by atoms with Crippen molar-refractivity contribution < 1.29 is 45.2 Å². The van der Waals surface area contributed by atoms with E-state index in [0.717, 1.165) is 0 Å². The van der Waals surface area contributed by atoms with Crippen LogP contribution in [0.4, 0.5) is 13.2 Å². The van der Waals surface area contributed by atoms with Gasteiger partial charge in [-0.15, -0.1) is 0 Å². The van der Waals surface area contributed by atoms with E-state index in [1.807, 2.05) is 0 Å². The van der Waals surface area contributed by atoms with Gasteiger partial charge in [-0.05, 0) is 12.8 Å². The normalized spacial score (nSPS) is 11.8. The fraction of sp³-hybridized carbons (Fsp3) is 0.667. The van der Waals surface area contributed by atoms with Crippen LogP contribution < -0.4 is 0 Å². The third-order valence-electron chi connectivity index (χ3n) is 2.50. The van der Waals surface area contributed by atoms with Crippen molar-refractivity contribution >= 4 is 22.1 Å². The number of esters is 2. The van der Waals surface area contributed by atoms with Crippen molar-refractivity contribution in [3.05, 3.63) is 12.4 Å². The molecule has 0 aliphatic carbocycles. The molecule has 0 fully saturated rings. The minimum atomic E-state index is -5.88. The van der Waals surface area contributed by atoms with Gasteiger partial charge >= 0.3 is 17.2 Å². The second-order valence-corrected chi connectivity index (χ2v) is 5.96. The van der Waals surface area contributed by atoms with Crippen LogP contribution in [0.25, 0.3) is 0 Å². The molecule has 0 radical (unpaired) electrons. The Bertz CT molecular complexity index is 531. The fourth-order valence-electron chi connectivity index (χ4n) is 1.28. The van der Waals surface area contributed by atoms with Crippen molar-refractivity contribution in [3.63, 3.8) is 0 Å². The van der Waals surface area contributed by atoms with Gasteiger partial charge in [0.15, 0.2) is 16.7 Å². The summed E-state index contributed by atoms with van der Waals surface area (Å²) in [5.41, 5.74) is 0. The molecule has 0 aromatic rings. The van der Waals surface area contributed by atoms with Gasteiger partial charge in [-0.3, -0.25) is 4.79 Å². The Balaban J connectivity index is 3.73. The van der Waals surface area contributed by atoms with Crippen molar-refractivity contribution in [1.82, 2.24) is 0 Å². The zero-order valence-electron chi connectivity index (χ0n) is 12.1. The van der Waals surface area contributed by atoms with E-state index in [4.69, 9.17) is 0 Å². The monoisotopic (exact) mass is 361 g/mol. The molecule has 0 bridgehead atoms. The van der Waals surface area contributed by atoms with E-state index in [0.29, 0.717) is 19.3 Å². The van der Waals surface area contributed by atoms with E-state index in [9.17, 15) is 35.7 Å². The van der Waals surface area contributed by atoms with E-state index in [1.54, 1.807) is 0 Å². The Morgan fingerprint density at radius 3 is 2.17 bits per heavy atom. The first-order valence-corrected chi connectivity index (χ1v) is 7.88. The first-order chi connectivity index (χ1) is 10.5. The van der Waals surface area contributed by atoms with Gasteiger partial charge in [0.2, 0.25) is 5.83 Å². The molecule has 23 heavy (non-hydrogen) atoms. The van der Waals surface area contributed by atoms with Crippen LogP contribution in [0.15, 0.2) is 12.4 Å². The lowest BCUT2D eigenvalue weighted by molar-refractivity contribution is -0.149. The third-order valence-corrected chi connectivity index (χ3v) is 3.35. The van der Waals surface area contributed by atoms with Gasteiger partial charge in [0.25, 0.3) is 0 Å². The van der Waals surface area contributed by atoms with Crippen molar-refractivity contribution in [2.24, 2.45) is 0 Å². The molecule has 0 aliphatic rings. The molecular formula is C12H16F3O7S-. The highest BCUT2D eigenvalue weighted by molar-refractivity contribution is 7.86. The molecule has 0 aromatic heterocycles. The van der Waals surface area contributed by atoms with Crippen molar-refractivity contribution in [2.75, 3.05) is 13.2 Å². The summed E-state index contributed by atoms with van der Waals surface area (Å²) < 4.78 is 76.5. The Morgan fingerprint density at radius 1 is 1.09 bits per heavy atom. The van der Waals surface area contributed by atoms with Gasteiger partial charge in [0.05, 0.1) is 6.61 Å². The predicted molar refractivity (Wildman–Crippen MR) is 69.9 cm³/mol. The maximum Gasteiger partial charge on any atom is 0.367 e. The summed E-state index contributed by atoms with van der Waals surface area (Å²) in [6, 6.07) is 0. The van der Waals surface area contributed by atoms with Crippen LogP contribution in [0.1, 0.15) is 32.1 Å². The largest absolute Gasteiger partial charge is 0.743 e. The molecule has 0 N–H and O–H groups in total. The first kappa shape index (κ1) is 21.4. The SMILES string of the molecule is C=C(F)C(=O)OCCCCCCC(=O)OCC(F)(F)S(=O)(=O)[O-]. The average Bonchev–Trinajstić information content (AvgIpc) is 2.42. The van der Waals surface area contributed by atoms with Gasteiger partial charge in [0.1, 0.15) is 0 Å². The summed E-state index contributed by atoms with van der Waals surface area (Å²) in [4.78, 5) is 21.8. The average molecular weight is 361 g/mol. The number of carbonyl (C=O) groups is 2. The highest BCUT2D eigenvalue weighted by atomic mass is 32.2. The number of rotatable bonds is 11. The van der Waals surface area contributed by atoms with Crippen LogP contribution in [0, 0.1) is 0 Å². The Kier molecular flexibility index (Phi) is 8.83. The summed E-state index contributed by atoms with van der Waals surface area (Å²) in [5, 5.41) is -4.66. The van der Waals surface area contributed by atoms with Crippen LogP contribution >= 0.6 is 0 Å². The lowest BCUT2D eigenvalue weighted by Crippen LogP contribution is -2.34. The predicted octanol–water partition coefficient (Wildman–Crippen LogP) is 1.64. The lowest BCUT2D eigenvalue weighted by Gasteiger charge is -2.19. The van der Waals surface area contributed by atoms with Crippen LogP contribution in [-0.2, 0) is 29.2 Å². The van der Waals surface area contributed by atoms with Gasteiger partial charge in [-0.25, -0.2) is 13.2 Å². The number of carbonyl (C=O) groups excluding carboxylic acids is 2. The molecule has 134 valence electrons. The second kappa shape index (κ2) is 9.50. The van der Waals surface area contributed by atoms with E-state index in [-0.39, 0.29) is 19.4 Å². The molecule has 0 unspecified atom stereocenters. The Hall–Kier alpha value is -1.62. The zero-order valence-corrected chi connectivity index (χ0v) is 12.9. The van der Waals surface area contributed by atoms with E-state index in [1.165, 1.54) is 0 Å². The van der Waals surface area contributed by atoms with Crippen LogP contribution in [-0.4, -0.2) is 43.4 Å². The van der Waals surface area contributed by atoms with Crippen LogP contribution in [0.2, 0.25) is 0 Å². The summed E-state index contributed by atoms with van der Waals surface area (Å²) in [5.74, 6) is -3.42. The minimum absolute atomic E-state index is 0.0280. The molecule has 11 heteroatoms. The number of ether oxygens (including phenoxy) is 2. The van der Waals surface area contributed by atoms with Crippen LogP contribution in [0.5, 0.6) is 0 Å². The van der Waals surface area contributed by atoms with Crippen molar-refractivity contribution in [3.8, 4) is 0 Å². The summed E-state index contributed by atoms with van der Waals surface area (Å²) >= 11 is 0. The lowest BCUT2D eigenvalue weighted by atomic mass is 10.1. The number of hydrogen-bond acceptors (Lipinski definition) is 7. The van der Waals surface area contributed by atoms with Crippen molar-refractivity contribution in [2.45, 2.75) is 37.4 Å². The molecule has 0 spiro atoms. The fourth-order valence-corrected chi connectivity index (χ4v) is 1.48. The third kappa shape index (κ3) is 9.18. The Labute approximate surface area is 131 Å². The van der Waals surface area contributed by atoms with Gasteiger partial charge in [-0.1, -0.05) is 19.4 Å². The maximum atomic E-state index is 12.7. The molecule has 0 aromatic carbocycles. The number of alkyl halides is 2. The molecule has 0 aliphatic heterocycles. The van der Waals surface area contributed by atoms with Gasteiger partial charge in [-0.2, -0.15) is 13.2 Å². The smallest absolute Gasteiger partial charge is 0.367 e. The molecular weight excluding hydrogens is 345 g/mol. The highest BCUT2D eigenvalue weighted by Crippen LogP contribution is 2.20. The minimum Gasteiger partial charge on any atom is -0.743 e. The molecule has 7 nitrogen and oxygen atoms in total. The number of hydrogen-bond donors (Lipinski definition) is 0. The molecule has 0 saturated carbocycles. The first-order valence-electron chi connectivity index (χ1n) is 6.48.